The first-order chi connectivity index (χ1) is 25.3. The van der Waals surface area contributed by atoms with E-state index in [1.807, 2.05) is 18.2 Å². The van der Waals surface area contributed by atoms with Crippen molar-refractivity contribution in [2.75, 3.05) is 0 Å². The minimum atomic E-state index is 0.636. The summed E-state index contributed by atoms with van der Waals surface area (Å²) in [4.78, 5) is 15.4. The number of benzene rings is 8. The molecule has 0 bridgehead atoms. The molecule has 0 spiro atoms. The molecule has 0 aliphatic heterocycles. The Morgan fingerprint density at radius 3 is 1.73 bits per heavy atom. The molecule has 0 amide bonds. The van der Waals surface area contributed by atoms with E-state index in [9.17, 15) is 0 Å². The van der Waals surface area contributed by atoms with E-state index in [0.717, 1.165) is 38.7 Å². The van der Waals surface area contributed by atoms with Crippen molar-refractivity contribution < 1.29 is 0 Å². The van der Waals surface area contributed by atoms with Crippen LogP contribution in [0.2, 0.25) is 0 Å². The molecule has 0 unspecified atom stereocenters. The number of para-hydroxylation sites is 2. The Kier molecular flexibility index (Phi) is 6.78. The third kappa shape index (κ3) is 4.88. The van der Waals surface area contributed by atoms with Crippen LogP contribution in [0.1, 0.15) is 0 Å². The molecule has 0 aliphatic carbocycles. The lowest BCUT2D eigenvalue weighted by molar-refractivity contribution is 1.08. The van der Waals surface area contributed by atoms with E-state index >= 15 is 0 Å². The number of aromatic nitrogens is 4. The second kappa shape index (κ2) is 11.9. The van der Waals surface area contributed by atoms with Gasteiger partial charge in [-0.2, -0.15) is 0 Å². The third-order valence-corrected chi connectivity index (χ3v) is 9.82. The van der Waals surface area contributed by atoms with Gasteiger partial charge in [-0.1, -0.05) is 146 Å². The van der Waals surface area contributed by atoms with Crippen molar-refractivity contribution in [1.82, 2.24) is 19.5 Å². The lowest BCUT2D eigenvalue weighted by Crippen LogP contribution is -2.01. The molecule has 2 aromatic heterocycles. The minimum Gasteiger partial charge on any atom is -0.309 e. The van der Waals surface area contributed by atoms with Crippen LogP contribution in [0.25, 0.3) is 94.3 Å². The zero-order chi connectivity index (χ0) is 33.7. The summed E-state index contributed by atoms with van der Waals surface area (Å²) in [6.07, 6.45) is 0. The van der Waals surface area contributed by atoms with Crippen LogP contribution >= 0.6 is 0 Å². The fourth-order valence-electron chi connectivity index (χ4n) is 7.52. The molecular formula is C47H30N4. The van der Waals surface area contributed by atoms with Crippen molar-refractivity contribution in [3.63, 3.8) is 0 Å². The Bertz CT molecular complexity index is 2910. The topological polar surface area (TPSA) is 43.6 Å². The summed E-state index contributed by atoms with van der Waals surface area (Å²) >= 11 is 0. The molecule has 2 heterocycles. The summed E-state index contributed by atoms with van der Waals surface area (Å²) in [5, 5.41) is 7.10. The number of hydrogen-bond donors (Lipinski definition) is 0. The molecule has 0 fully saturated rings. The second-order valence-electron chi connectivity index (χ2n) is 12.8. The average Bonchev–Trinajstić information content (AvgIpc) is 3.56. The van der Waals surface area contributed by atoms with Gasteiger partial charge in [-0.3, -0.25) is 0 Å². The van der Waals surface area contributed by atoms with E-state index in [4.69, 9.17) is 15.0 Å². The zero-order valence-electron chi connectivity index (χ0n) is 27.6. The molecule has 0 N–H and O–H groups in total. The van der Waals surface area contributed by atoms with Crippen LogP contribution in [0.15, 0.2) is 182 Å². The van der Waals surface area contributed by atoms with E-state index in [1.54, 1.807) is 0 Å². The van der Waals surface area contributed by atoms with Crippen LogP contribution in [-0.2, 0) is 0 Å². The molecule has 10 rings (SSSR count). The molecule has 51 heavy (non-hydrogen) atoms. The predicted molar refractivity (Wildman–Crippen MR) is 211 cm³/mol. The Labute approximate surface area is 295 Å². The van der Waals surface area contributed by atoms with Gasteiger partial charge in [-0.15, -0.1) is 0 Å². The van der Waals surface area contributed by atoms with Crippen LogP contribution in [0.4, 0.5) is 0 Å². The Balaban J connectivity index is 1.19. The maximum Gasteiger partial charge on any atom is 0.164 e. The maximum absolute atomic E-state index is 5.22. The Morgan fingerprint density at radius 1 is 0.333 bits per heavy atom. The van der Waals surface area contributed by atoms with Gasteiger partial charge in [0, 0.05) is 33.2 Å². The van der Waals surface area contributed by atoms with Crippen molar-refractivity contribution in [2.24, 2.45) is 0 Å². The van der Waals surface area contributed by atoms with E-state index in [0.29, 0.717) is 17.5 Å². The first-order valence-electron chi connectivity index (χ1n) is 17.2. The largest absolute Gasteiger partial charge is 0.309 e. The highest BCUT2D eigenvalue weighted by atomic mass is 15.0. The van der Waals surface area contributed by atoms with Gasteiger partial charge >= 0.3 is 0 Å². The van der Waals surface area contributed by atoms with E-state index in [-0.39, 0.29) is 0 Å². The number of hydrogen-bond acceptors (Lipinski definition) is 3. The molecule has 238 valence electrons. The van der Waals surface area contributed by atoms with Crippen LogP contribution in [0, 0.1) is 0 Å². The first-order valence-corrected chi connectivity index (χ1v) is 17.2. The van der Waals surface area contributed by atoms with Crippen LogP contribution in [0.5, 0.6) is 0 Å². The van der Waals surface area contributed by atoms with E-state index in [2.05, 4.69) is 168 Å². The maximum atomic E-state index is 5.22. The second-order valence-corrected chi connectivity index (χ2v) is 12.8. The van der Waals surface area contributed by atoms with E-state index < -0.39 is 0 Å². The van der Waals surface area contributed by atoms with Gasteiger partial charge in [0.05, 0.1) is 11.0 Å². The van der Waals surface area contributed by atoms with Gasteiger partial charge in [0.15, 0.2) is 17.5 Å². The van der Waals surface area contributed by atoms with Crippen LogP contribution in [0.3, 0.4) is 0 Å². The molecule has 0 radical (unpaired) electrons. The highest BCUT2D eigenvalue weighted by Crippen LogP contribution is 2.40. The number of fused-ring (bicyclic) bond motifs is 6. The summed E-state index contributed by atoms with van der Waals surface area (Å²) in [6.45, 7) is 0. The standard InChI is InChI=1S/C47H30N4/c1-3-15-31(16-4-1)45-48-46(50-47(49-45)41-30-33-17-7-8-22-36(33)38-23-9-10-24-39(38)41)34-19-13-18-32(29-34)37-26-14-28-43-44(37)40-25-11-12-27-42(40)51(43)35-20-5-2-6-21-35/h1-30H. The molecule has 0 atom stereocenters. The summed E-state index contributed by atoms with van der Waals surface area (Å²) in [5.74, 6) is 1.93. The van der Waals surface area contributed by atoms with Gasteiger partial charge in [0.25, 0.3) is 0 Å². The normalized spacial score (nSPS) is 11.5. The number of rotatable bonds is 5. The molecule has 0 saturated carbocycles. The monoisotopic (exact) mass is 650 g/mol. The minimum absolute atomic E-state index is 0.636. The molecule has 0 aliphatic rings. The zero-order valence-corrected chi connectivity index (χ0v) is 27.6. The smallest absolute Gasteiger partial charge is 0.164 e. The van der Waals surface area contributed by atoms with Crippen molar-refractivity contribution >= 4 is 43.4 Å². The summed E-state index contributed by atoms with van der Waals surface area (Å²) in [5.41, 5.74) is 8.62. The highest BCUT2D eigenvalue weighted by molar-refractivity contribution is 6.16. The van der Waals surface area contributed by atoms with Gasteiger partial charge in [-0.05, 0) is 69.1 Å². The van der Waals surface area contributed by atoms with Crippen molar-refractivity contribution in [3.05, 3.63) is 182 Å². The Morgan fingerprint density at radius 2 is 0.902 bits per heavy atom. The van der Waals surface area contributed by atoms with Crippen molar-refractivity contribution in [2.45, 2.75) is 0 Å². The fourth-order valence-corrected chi connectivity index (χ4v) is 7.52. The molecule has 0 saturated heterocycles. The average molecular weight is 651 g/mol. The summed E-state index contributed by atoms with van der Waals surface area (Å²) in [6, 6.07) is 63.9. The van der Waals surface area contributed by atoms with E-state index in [1.165, 1.54) is 38.1 Å². The third-order valence-electron chi connectivity index (χ3n) is 9.82. The molecule has 10 aromatic rings. The molecule has 4 nitrogen and oxygen atoms in total. The number of nitrogens with zero attached hydrogens (tertiary/aromatic N) is 4. The summed E-state index contributed by atoms with van der Waals surface area (Å²) < 4.78 is 2.36. The van der Waals surface area contributed by atoms with Crippen LogP contribution < -0.4 is 0 Å². The molecular weight excluding hydrogens is 621 g/mol. The van der Waals surface area contributed by atoms with Gasteiger partial charge in [0.2, 0.25) is 0 Å². The van der Waals surface area contributed by atoms with Gasteiger partial charge in [0.1, 0.15) is 0 Å². The highest BCUT2D eigenvalue weighted by Gasteiger charge is 2.18. The van der Waals surface area contributed by atoms with Gasteiger partial charge in [-0.25, -0.2) is 15.0 Å². The lowest BCUT2D eigenvalue weighted by atomic mass is 9.96. The predicted octanol–water partition coefficient (Wildman–Crippen LogP) is 11.9. The molecule has 4 heteroatoms. The molecule has 8 aromatic carbocycles. The fraction of sp³-hybridized carbons (Fsp3) is 0. The van der Waals surface area contributed by atoms with Crippen LogP contribution in [-0.4, -0.2) is 19.5 Å². The Hall–Kier alpha value is -6.91. The summed E-state index contributed by atoms with van der Waals surface area (Å²) in [7, 11) is 0. The van der Waals surface area contributed by atoms with Gasteiger partial charge < -0.3 is 4.57 Å². The van der Waals surface area contributed by atoms with Crippen molar-refractivity contribution in [3.8, 4) is 51.0 Å². The quantitative estimate of drug-likeness (QED) is 0.174. The SMILES string of the molecule is c1ccc(-c2nc(-c3cccc(-c4cccc5c4c4ccccc4n5-c4ccccc4)c3)nc(-c3cc4ccccc4c4ccccc34)n2)cc1. The van der Waals surface area contributed by atoms with Crippen molar-refractivity contribution in [1.29, 1.82) is 0 Å². The lowest BCUT2D eigenvalue weighted by Gasteiger charge is -2.13. The first kappa shape index (κ1) is 29.0.